The number of carbonyl (C=O) groups is 2. The Balaban J connectivity index is 2.01. The lowest BCUT2D eigenvalue weighted by atomic mass is 9.90. The Labute approximate surface area is 206 Å². The largest absolute Gasteiger partial charge is 0.391 e. The van der Waals surface area contributed by atoms with E-state index in [-0.39, 0.29) is 35.2 Å². The summed E-state index contributed by atoms with van der Waals surface area (Å²) in [6.45, 7) is 16.3. The first-order valence-electron chi connectivity index (χ1n) is 12.6. The van der Waals surface area contributed by atoms with Crippen molar-refractivity contribution in [1.29, 1.82) is 0 Å². The Bertz CT molecular complexity index is 833. The van der Waals surface area contributed by atoms with E-state index in [4.69, 9.17) is 5.73 Å². The van der Waals surface area contributed by atoms with Gasteiger partial charge in [0.25, 0.3) is 0 Å². The van der Waals surface area contributed by atoms with Gasteiger partial charge in [-0.05, 0) is 50.7 Å². The fraction of sp³-hybridized carbons (Fsp3) is 0.704. The quantitative estimate of drug-likeness (QED) is 0.484. The number of para-hydroxylation sites is 1. The minimum Gasteiger partial charge on any atom is -0.391 e. The van der Waals surface area contributed by atoms with E-state index in [1.807, 2.05) is 43.0 Å². The molecule has 1 aromatic rings. The van der Waals surface area contributed by atoms with Gasteiger partial charge in [0.05, 0.1) is 12.6 Å². The minimum atomic E-state index is -0.822. The zero-order valence-corrected chi connectivity index (χ0v) is 22.2. The molecule has 1 heterocycles. The van der Waals surface area contributed by atoms with E-state index in [1.165, 1.54) is 0 Å². The number of aliphatic hydroxyl groups excluding tert-OH is 1. The maximum Gasteiger partial charge on any atom is 0.241 e. The molecule has 2 rings (SSSR count). The predicted octanol–water partition coefficient (Wildman–Crippen LogP) is 3.08. The van der Waals surface area contributed by atoms with Crippen molar-refractivity contribution in [2.75, 3.05) is 31.1 Å². The van der Waals surface area contributed by atoms with Crippen LogP contribution in [0.3, 0.4) is 0 Å². The summed E-state index contributed by atoms with van der Waals surface area (Å²) in [4.78, 5) is 29.7. The number of rotatable bonds is 10. The van der Waals surface area contributed by atoms with E-state index in [9.17, 15) is 14.7 Å². The number of carbonyl (C=O) groups excluding carboxylic acids is 2. The second-order valence-electron chi connectivity index (χ2n) is 11.7. The number of anilines is 1. The number of aliphatic hydroxyl groups is 1. The van der Waals surface area contributed by atoms with Crippen LogP contribution in [0.15, 0.2) is 24.3 Å². The van der Waals surface area contributed by atoms with Crippen LogP contribution in [0.1, 0.15) is 66.4 Å². The van der Waals surface area contributed by atoms with Crippen LogP contribution in [0, 0.1) is 18.3 Å². The molecule has 7 nitrogen and oxygen atoms in total. The smallest absolute Gasteiger partial charge is 0.241 e. The van der Waals surface area contributed by atoms with Crippen LogP contribution in [0.2, 0.25) is 0 Å². The lowest BCUT2D eigenvalue weighted by Gasteiger charge is -2.48. The van der Waals surface area contributed by atoms with Gasteiger partial charge in [-0.25, -0.2) is 0 Å². The molecule has 1 fully saturated rings. The van der Waals surface area contributed by atoms with E-state index in [0.717, 1.165) is 17.7 Å². The zero-order valence-electron chi connectivity index (χ0n) is 22.2. The third kappa shape index (κ3) is 7.79. The highest BCUT2D eigenvalue weighted by Gasteiger charge is 2.40. The summed E-state index contributed by atoms with van der Waals surface area (Å²) >= 11 is 0. The molecule has 2 amide bonds. The van der Waals surface area contributed by atoms with Crippen LogP contribution >= 0.6 is 0 Å². The number of nitrogens with two attached hydrogens (primary N) is 1. The summed E-state index contributed by atoms with van der Waals surface area (Å²) in [7, 11) is 0. The van der Waals surface area contributed by atoms with Crippen LogP contribution < -0.4 is 16.0 Å². The van der Waals surface area contributed by atoms with Gasteiger partial charge in [-0.15, -0.1) is 0 Å². The van der Waals surface area contributed by atoms with Gasteiger partial charge in [0.15, 0.2) is 0 Å². The zero-order chi connectivity index (χ0) is 25.7. The standard InChI is InChI=1S/C27H46N4O3/c1-8-11-20(25(34)29-17-26(3,4)5)14-23(32)21(28)15-30-16-24(33)31(18-27(30,6)7)22-13-10-9-12-19(22)2/h9-10,12-13,20-21,23,32H,8,11,14-18,28H2,1-7H3,(H,29,34)/t20-,21+,23+/m1/s1. The predicted molar refractivity (Wildman–Crippen MR) is 139 cm³/mol. The molecule has 0 unspecified atom stereocenters. The Morgan fingerprint density at radius 1 is 1.26 bits per heavy atom. The van der Waals surface area contributed by atoms with E-state index >= 15 is 0 Å². The molecule has 1 aromatic carbocycles. The van der Waals surface area contributed by atoms with Crippen LogP contribution in [0.4, 0.5) is 5.69 Å². The van der Waals surface area contributed by atoms with Gasteiger partial charge in [0.1, 0.15) is 0 Å². The van der Waals surface area contributed by atoms with E-state index in [1.54, 1.807) is 0 Å². The molecule has 1 aliphatic heterocycles. The van der Waals surface area contributed by atoms with Gasteiger partial charge in [-0.2, -0.15) is 0 Å². The first-order valence-corrected chi connectivity index (χ1v) is 12.6. The van der Waals surface area contributed by atoms with Gasteiger partial charge in [0, 0.05) is 42.8 Å². The maximum atomic E-state index is 13.0. The van der Waals surface area contributed by atoms with Crippen molar-refractivity contribution in [1.82, 2.24) is 10.2 Å². The van der Waals surface area contributed by atoms with Crippen LogP contribution in [0.5, 0.6) is 0 Å². The highest BCUT2D eigenvalue weighted by atomic mass is 16.3. The number of nitrogens with one attached hydrogen (secondary N) is 1. The van der Waals surface area contributed by atoms with Gasteiger partial charge in [-0.3, -0.25) is 14.5 Å². The van der Waals surface area contributed by atoms with Crippen molar-refractivity contribution in [3.8, 4) is 0 Å². The minimum absolute atomic E-state index is 0.00000132. The lowest BCUT2D eigenvalue weighted by molar-refractivity contribution is -0.126. The number of hydrogen-bond donors (Lipinski definition) is 3. The topological polar surface area (TPSA) is 98.9 Å². The molecule has 0 aromatic heterocycles. The Kier molecular flexibility index (Phi) is 9.69. The van der Waals surface area contributed by atoms with Crippen molar-refractivity contribution in [3.63, 3.8) is 0 Å². The molecule has 1 aliphatic rings. The summed E-state index contributed by atoms with van der Waals surface area (Å²) in [5, 5.41) is 13.9. The second-order valence-corrected chi connectivity index (χ2v) is 11.7. The second kappa shape index (κ2) is 11.6. The SMILES string of the molecule is CCC[C@H](C[C@H](O)[C@@H](N)CN1CC(=O)N(c2ccccc2C)CC1(C)C)C(=O)NCC(C)(C)C. The van der Waals surface area contributed by atoms with E-state index in [0.29, 0.717) is 32.5 Å². The first kappa shape index (κ1) is 28.3. The monoisotopic (exact) mass is 474 g/mol. The van der Waals surface area contributed by atoms with E-state index in [2.05, 4.69) is 44.8 Å². The Hall–Kier alpha value is -1.96. The molecule has 0 spiro atoms. The molecule has 1 saturated heterocycles. The molecule has 192 valence electrons. The highest BCUT2D eigenvalue weighted by molar-refractivity contribution is 5.96. The summed E-state index contributed by atoms with van der Waals surface area (Å²) in [5.41, 5.74) is 8.13. The summed E-state index contributed by atoms with van der Waals surface area (Å²) in [5.74, 6) is -0.271. The molecule has 0 radical (unpaired) electrons. The van der Waals surface area contributed by atoms with Crippen molar-refractivity contribution in [2.45, 2.75) is 85.4 Å². The van der Waals surface area contributed by atoms with Gasteiger partial charge < -0.3 is 21.1 Å². The maximum absolute atomic E-state index is 13.0. The molecule has 0 bridgehead atoms. The summed E-state index contributed by atoms with van der Waals surface area (Å²) in [6, 6.07) is 7.37. The molecule has 7 heteroatoms. The molecular weight excluding hydrogens is 428 g/mol. The molecule has 0 aliphatic carbocycles. The molecule has 3 atom stereocenters. The number of benzene rings is 1. The molecule has 0 saturated carbocycles. The average Bonchev–Trinajstić information content (AvgIpc) is 2.74. The summed E-state index contributed by atoms with van der Waals surface area (Å²) in [6.07, 6.45) is 1.07. The Morgan fingerprint density at radius 3 is 2.50 bits per heavy atom. The van der Waals surface area contributed by atoms with Crippen molar-refractivity contribution in [3.05, 3.63) is 29.8 Å². The molecule has 34 heavy (non-hydrogen) atoms. The van der Waals surface area contributed by atoms with Crippen molar-refractivity contribution >= 4 is 17.5 Å². The number of hydrogen-bond acceptors (Lipinski definition) is 5. The normalized spacial score (nSPS) is 19.6. The number of aryl methyl sites for hydroxylation is 1. The highest BCUT2D eigenvalue weighted by Crippen LogP contribution is 2.29. The Morgan fingerprint density at radius 2 is 1.91 bits per heavy atom. The van der Waals surface area contributed by atoms with Crippen LogP contribution in [-0.2, 0) is 9.59 Å². The van der Waals surface area contributed by atoms with Crippen LogP contribution in [-0.4, -0.2) is 65.7 Å². The molecular formula is C27H46N4O3. The first-order chi connectivity index (χ1) is 15.7. The van der Waals surface area contributed by atoms with Crippen LogP contribution in [0.25, 0.3) is 0 Å². The van der Waals surface area contributed by atoms with Gasteiger partial charge in [0.2, 0.25) is 11.8 Å². The van der Waals surface area contributed by atoms with Gasteiger partial charge >= 0.3 is 0 Å². The number of piperazine rings is 1. The van der Waals surface area contributed by atoms with E-state index < -0.39 is 12.1 Å². The van der Waals surface area contributed by atoms with Gasteiger partial charge in [-0.1, -0.05) is 52.3 Å². The van der Waals surface area contributed by atoms with Crippen molar-refractivity contribution in [2.24, 2.45) is 17.1 Å². The molecule has 4 N–H and O–H groups in total. The fourth-order valence-corrected chi connectivity index (χ4v) is 4.48. The summed E-state index contributed by atoms with van der Waals surface area (Å²) < 4.78 is 0. The van der Waals surface area contributed by atoms with Crippen molar-refractivity contribution < 1.29 is 14.7 Å². The number of amides is 2. The fourth-order valence-electron chi connectivity index (χ4n) is 4.48. The average molecular weight is 475 g/mol. The number of nitrogens with zero attached hydrogens (tertiary/aromatic N) is 2. The third-order valence-electron chi connectivity index (χ3n) is 6.69. The lowest BCUT2D eigenvalue weighted by Crippen LogP contribution is -2.64. The third-order valence-corrected chi connectivity index (χ3v) is 6.69.